The van der Waals surface area contributed by atoms with Gasteiger partial charge in [0.25, 0.3) is 0 Å². The Kier molecular flexibility index (Phi) is 3.48. The summed E-state index contributed by atoms with van der Waals surface area (Å²) in [5.41, 5.74) is 0.418. The van der Waals surface area contributed by atoms with Crippen LogP contribution in [0.1, 0.15) is 16.8 Å². The van der Waals surface area contributed by atoms with Gasteiger partial charge in [0.15, 0.2) is 15.6 Å². The van der Waals surface area contributed by atoms with Crippen LogP contribution in [-0.4, -0.2) is 25.7 Å². The van der Waals surface area contributed by atoms with Gasteiger partial charge in [-0.05, 0) is 24.6 Å². The Bertz CT molecular complexity index is 566. The zero-order valence-corrected chi connectivity index (χ0v) is 11.1. The number of hydrogen-bond acceptors (Lipinski definition) is 3. The van der Waals surface area contributed by atoms with Gasteiger partial charge < -0.3 is 0 Å². The molecule has 0 N–H and O–H groups in total. The number of rotatable bonds is 2. The second-order valence-corrected chi connectivity index (χ2v) is 7.14. The van der Waals surface area contributed by atoms with Gasteiger partial charge in [-0.25, -0.2) is 8.42 Å². The molecule has 1 aromatic carbocycles. The van der Waals surface area contributed by atoms with Crippen LogP contribution in [0.4, 0.5) is 0 Å². The van der Waals surface area contributed by atoms with Gasteiger partial charge >= 0.3 is 0 Å². The first-order valence-corrected chi connectivity index (χ1v) is 7.66. The Labute approximate surface area is 110 Å². The third-order valence-corrected chi connectivity index (χ3v) is 5.31. The third-order valence-electron chi connectivity index (χ3n) is 2.81. The lowest BCUT2D eigenvalue weighted by Crippen LogP contribution is -2.16. The molecule has 2 rings (SSSR count). The monoisotopic (exact) mass is 292 g/mol. The fourth-order valence-corrected chi connectivity index (χ4v) is 3.93. The Morgan fingerprint density at radius 1 is 1.24 bits per heavy atom. The maximum absolute atomic E-state index is 12.0. The van der Waals surface area contributed by atoms with Crippen LogP contribution in [0.2, 0.25) is 10.0 Å². The first kappa shape index (κ1) is 12.9. The largest absolute Gasteiger partial charge is 0.294 e. The first-order chi connectivity index (χ1) is 7.89. The molecular weight excluding hydrogens is 283 g/mol. The molecule has 0 amide bonds. The average molecular weight is 293 g/mol. The topological polar surface area (TPSA) is 51.2 Å². The molecule has 92 valence electrons. The van der Waals surface area contributed by atoms with Crippen LogP contribution in [0.3, 0.4) is 0 Å². The minimum atomic E-state index is -3.05. The van der Waals surface area contributed by atoms with Crippen molar-refractivity contribution in [2.75, 3.05) is 11.5 Å². The second kappa shape index (κ2) is 4.59. The number of benzene rings is 1. The summed E-state index contributed by atoms with van der Waals surface area (Å²) in [6.45, 7) is 0. The molecule has 1 fully saturated rings. The van der Waals surface area contributed by atoms with Gasteiger partial charge in [0.1, 0.15) is 0 Å². The maximum atomic E-state index is 12.0. The van der Waals surface area contributed by atoms with E-state index in [0.29, 0.717) is 22.0 Å². The molecule has 17 heavy (non-hydrogen) atoms. The lowest BCUT2D eigenvalue weighted by atomic mass is 9.97. The number of carbonyl (C=O) groups excluding carboxylic acids is 1. The molecule has 1 aromatic rings. The zero-order valence-electron chi connectivity index (χ0n) is 8.82. The molecule has 0 spiro atoms. The fourth-order valence-electron chi connectivity index (χ4n) is 1.89. The third kappa shape index (κ3) is 2.81. The van der Waals surface area contributed by atoms with Gasteiger partial charge in [0.05, 0.1) is 21.6 Å². The van der Waals surface area contributed by atoms with Crippen LogP contribution in [0.15, 0.2) is 18.2 Å². The first-order valence-electron chi connectivity index (χ1n) is 5.09. The van der Waals surface area contributed by atoms with Crippen molar-refractivity contribution in [2.45, 2.75) is 6.42 Å². The van der Waals surface area contributed by atoms with E-state index in [4.69, 9.17) is 23.2 Å². The molecule has 0 bridgehead atoms. The van der Waals surface area contributed by atoms with E-state index in [1.165, 1.54) is 6.07 Å². The smallest absolute Gasteiger partial charge is 0.167 e. The van der Waals surface area contributed by atoms with E-state index in [1.807, 2.05) is 0 Å². The number of carbonyl (C=O) groups is 1. The van der Waals surface area contributed by atoms with Crippen molar-refractivity contribution in [3.63, 3.8) is 0 Å². The SMILES string of the molecule is O=C(c1ccc(Cl)c(Cl)c1)[C@@H]1CCS(=O)(=O)C1. The van der Waals surface area contributed by atoms with Crippen LogP contribution >= 0.6 is 23.2 Å². The van der Waals surface area contributed by atoms with E-state index in [0.717, 1.165) is 0 Å². The van der Waals surface area contributed by atoms with Crippen LogP contribution in [-0.2, 0) is 9.84 Å². The van der Waals surface area contributed by atoms with E-state index in [1.54, 1.807) is 12.1 Å². The highest BCUT2D eigenvalue weighted by molar-refractivity contribution is 7.91. The van der Waals surface area contributed by atoms with E-state index >= 15 is 0 Å². The van der Waals surface area contributed by atoms with Gasteiger partial charge in [-0.1, -0.05) is 23.2 Å². The number of sulfone groups is 1. The van der Waals surface area contributed by atoms with Crippen molar-refractivity contribution in [2.24, 2.45) is 5.92 Å². The fraction of sp³-hybridized carbons (Fsp3) is 0.364. The van der Waals surface area contributed by atoms with Gasteiger partial charge in [0.2, 0.25) is 0 Å². The summed E-state index contributed by atoms with van der Waals surface area (Å²) in [5, 5.41) is 0.681. The molecule has 1 aliphatic heterocycles. The standard InChI is InChI=1S/C11H10Cl2O3S/c12-9-2-1-7(5-10(9)13)11(14)8-3-4-17(15,16)6-8/h1-2,5,8H,3-4,6H2/t8-/m1/s1. The summed E-state index contributed by atoms with van der Waals surface area (Å²) in [6.07, 6.45) is 0.390. The summed E-state index contributed by atoms with van der Waals surface area (Å²) in [6, 6.07) is 4.60. The Morgan fingerprint density at radius 2 is 1.94 bits per heavy atom. The number of Topliss-reactive ketones (excluding diaryl/α,β-unsaturated/α-hetero) is 1. The molecule has 6 heteroatoms. The molecule has 0 unspecified atom stereocenters. The predicted molar refractivity (Wildman–Crippen MR) is 67.6 cm³/mol. The maximum Gasteiger partial charge on any atom is 0.167 e. The van der Waals surface area contributed by atoms with E-state index in [9.17, 15) is 13.2 Å². The summed E-state index contributed by atoms with van der Waals surface area (Å²) in [7, 11) is -3.05. The molecule has 1 aliphatic rings. The molecule has 0 radical (unpaired) electrons. The zero-order chi connectivity index (χ0) is 12.6. The summed E-state index contributed by atoms with van der Waals surface area (Å²) >= 11 is 11.6. The van der Waals surface area contributed by atoms with Crippen molar-refractivity contribution in [3.05, 3.63) is 33.8 Å². The van der Waals surface area contributed by atoms with E-state index in [2.05, 4.69) is 0 Å². The van der Waals surface area contributed by atoms with Crippen LogP contribution in [0, 0.1) is 5.92 Å². The summed E-state index contributed by atoms with van der Waals surface area (Å²) < 4.78 is 22.6. The van der Waals surface area contributed by atoms with E-state index < -0.39 is 15.8 Å². The molecule has 0 saturated carbocycles. The highest BCUT2D eigenvalue weighted by Gasteiger charge is 2.33. The van der Waals surface area contributed by atoms with Gasteiger partial charge in [-0.2, -0.15) is 0 Å². The van der Waals surface area contributed by atoms with Crippen molar-refractivity contribution in [3.8, 4) is 0 Å². The number of hydrogen-bond donors (Lipinski definition) is 0. The molecule has 3 nitrogen and oxygen atoms in total. The molecule has 1 heterocycles. The summed E-state index contributed by atoms with van der Waals surface area (Å²) in [4.78, 5) is 12.0. The second-order valence-electron chi connectivity index (χ2n) is 4.09. The lowest BCUT2D eigenvalue weighted by Gasteiger charge is -2.07. The van der Waals surface area contributed by atoms with Crippen LogP contribution in [0.25, 0.3) is 0 Å². The van der Waals surface area contributed by atoms with E-state index in [-0.39, 0.29) is 17.3 Å². The molecule has 0 aliphatic carbocycles. The van der Waals surface area contributed by atoms with Crippen molar-refractivity contribution >= 4 is 38.8 Å². The van der Waals surface area contributed by atoms with Gasteiger partial charge in [-0.3, -0.25) is 4.79 Å². The minimum absolute atomic E-state index is 0.0634. The minimum Gasteiger partial charge on any atom is -0.294 e. The highest BCUT2D eigenvalue weighted by atomic mass is 35.5. The predicted octanol–water partition coefficient (Wildman–Crippen LogP) is 2.61. The van der Waals surface area contributed by atoms with Crippen LogP contribution in [0.5, 0.6) is 0 Å². The van der Waals surface area contributed by atoms with Crippen molar-refractivity contribution < 1.29 is 13.2 Å². The molecule has 1 saturated heterocycles. The Balaban J connectivity index is 2.23. The Hall–Kier alpha value is -0.580. The molecule has 0 aromatic heterocycles. The average Bonchev–Trinajstić information content (AvgIpc) is 2.62. The number of ketones is 1. The Morgan fingerprint density at radius 3 is 2.47 bits per heavy atom. The molecule has 1 atom stereocenters. The van der Waals surface area contributed by atoms with Gasteiger partial charge in [-0.15, -0.1) is 0 Å². The van der Waals surface area contributed by atoms with Gasteiger partial charge in [0, 0.05) is 11.5 Å². The van der Waals surface area contributed by atoms with Crippen molar-refractivity contribution in [1.82, 2.24) is 0 Å². The van der Waals surface area contributed by atoms with Crippen LogP contribution < -0.4 is 0 Å². The summed E-state index contributed by atoms with van der Waals surface area (Å²) in [5.74, 6) is -0.599. The van der Waals surface area contributed by atoms with Crippen molar-refractivity contribution in [1.29, 1.82) is 0 Å². The lowest BCUT2D eigenvalue weighted by molar-refractivity contribution is 0.0933. The molecular formula is C11H10Cl2O3S. The number of halogens is 2. The normalized spacial score (nSPS) is 22.6. The highest BCUT2D eigenvalue weighted by Crippen LogP contribution is 2.27. The quantitative estimate of drug-likeness (QED) is 0.788.